The summed E-state index contributed by atoms with van der Waals surface area (Å²) < 4.78 is 11.0. The Morgan fingerprint density at radius 2 is 2.27 bits per heavy atom. The second-order valence-electron chi connectivity index (χ2n) is 5.99. The third-order valence-electron chi connectivity index (χ3n) is 4.55. The molecule has 1 aliphatic carbocycles. The number of rotatable bonds is 5. The van der Waals surface area contributed by atoms with Crippen LogP contribution in [0.25, 0.3) is 10.9 Å². The van der Waals surface area contributed by atoms with Crippen molar-refractivity contribution < 1.29 is 9.26 Å². The van der Waals surface area contributed by atoms with Gasteiger partial charge in [-0.2, -0.15) is 10.1 Å². The van der Waals surface area contributed by atoms with Crippen molar-refractivity contribution >= 4 is 10.9 Å². The molecule has 6 nitrogen and oxygen atoms in total. The van der Waals surface area contributed by atoms with Crippen molar-refractivity contribution in [3.63, 3.8) is 0 Å². The zero-order chi connectivity index (χ0) is 15.0. The predicted octanol–water partition coefficient (Wildman–Crippen LogP) is 2.65. The first kappa shape index (κ1) is 13.5. The number of nitrogens with zero attached hydrogens (tertiary/aromatic N) is 3. The van der Waals surface area contributed by atoms with Gasteiger partial charge in [0.1, 0.15) is 0 Å². The van der Waals surface area contributed by atoms with Gasteiger partial charge in [-0.05, 0) is 30.9 Å². The summed E-state index contributed by atoms with van der Waals surface area (Å²) in [5.74, 6) is 1.37. The Hall–Kier alpha value is -2.21. The summed E-state index contributed by atoms with van der Waals surface area (Å²) in [5.41, 5.74) is 2.07. The van der Waals surface area contributed by atoms with Gasteiger partial charge in [0.15, 0.2) is 5.82 Å². The molecule has 2 heterocycles. The Morgan fingerprint density at radius 3 is 3.05 bits per heavy atom. The first-order valence-electron chi connectivity index (χ1n) is 7.55. The minimum absolute atomic E-state index is 0.0847. The Labute approximate surface area is 127 Å². The highest BCUT2D eigenvalue weighted by Crippen LogP contribution is 2.37. The van der Waals surface area contributed by atoms with Crippen molar-refractivity contribution in [2.45, 2.75) is 37.7 Å². The molecule has 0 bridgehead atoms. The maximum Gasteiger partial charge on any atom is 0.229 e. The van der Waals surface area contributed by atoms with Crippen molar-refractivity contribution in [3.05, 3.63) is 41.7 Å². The van der Waals surface area contributed by atoms with E-state index in [0.717, 1.165) is 29.3 Å². The van der Waals surface area contributed by atoms with E-state index in [1.165, 1.54) is 6.42 Å². The van der Waals surface area contributed by atoms with Crippen LogP contribution >= 0.6 is 0 Å². The lowest BCUT2D eigenvalue weighted by Gasteiger charge is -2.39. The van der Waals surface area contributed by atoms with Crippen molar-refractivity contribution in [1.82, 2.24) is 20.3 Å². The number of nitrogens with one attached hydrogen (secondary N) is 1. The first-order valence-corrected chi connectivity index (χ1v) is 7.55. The fraction of sp³-hybridized carbons (Fsp3) is 0.438. The van der Waals surface area contributed by atoms with Crippen LogP contribution in [0.5, 0.6) is 0 Å². The van der Waals surface area contributed by atoms with Crippen molar-refractivity contribution in [3.8, 4) is 0 Å². The molecule has 6 heteroatoms. The van der Waals surface area contributed by atoms with E-state index >= 15 is 0 Å². The molecule has 1 N–H and O–H groups in total. The van der Waals surface area contributed by atoms with Gasteiger partial charge in [0.25, 0.3) is 0 Å². The number of aromatic amines is 1. The van der Waals surface area contributed by atoms with Crippen LogP contribution in [0.15, 0.2) is 28.9 Å². The standard InChI is InChI=1S/C16H18N4O2/c1-21-16(5-2-6-16)9-15-18-14(20-22-15)8-11-3-4-12-10-17-19-13(12)7-11/h3-4,7,10H,2,5-6,8-9H2,1H3,(H,17,19). The summed E-state index contributed by atoms with van der Waals surface area (Å²) in [7, 11) is 1.76. The Balaban J connectivity index is 1.49. The Bertz CT molecular complexity index is 783. The van der Waals surface area contributed by atoms with Crippen LogP contribution in [0.1, 0.15) is 36.5 Å². The number of hydrogen-bond donors (Lipinski definition) is 1. The number of aromatic nitrogens is 4. The first-order chi connectivity index (χ1) is 10.8. The molecule has 4 rings (SSSR count). The molecule has 22 heavy (non-hydrogen) atoms. The molecule has 0 atom stereocenters. The minimum Gasteiger partial charge on any atom is -0.378 e. The number of methoxy groups -OCH3 is 1. The van der Waals surface area contributed by atoms with Gasteiger partial charge in [-0.3, -0.25) is 5.10 Å². The zero-order valence-electron chi connectivity index (χ0n) is 12.5. The van der Waals surface area contributed by atoms with Gasteiger partial charge < -0.3 is 9.26 Å². The van der Waals surface area contributed by atoms with E-state index in [0.29, 0.717) is 24.6 Å². The fourth-order valence-corrected chi connectivity index (χ4v) is 3.01. The number of hydrogen-bond acceptors (Lipinski definition) is 5. The summed E-state index contributed by atoms with van der Waals surface area (Å²) in [6.07, 6.45) is 6.51. The average molecular weight is 298 g/mol. The molecule has 1 aliphatic rings. The van der Waals surface area contributed by atoms with Gasteiger partial charge in [-0.25, -0.2) is 0 Å². The van der Waals surface area contributed by atoms with Crippen LogP contribution in [-0.2, 0) is 17.6 Å². The third kappa shape index (κ3) is 2.39. The summed E-state index contributed by atoms with van der Waals surface area (Å²) >= 11 is 0. The second kappa shape index (κ2) is 5.21. The molecule has 0 aliphatic heterocycles. The summed E-state index contributed by atoms with van der Waals surface area (Å²) in [5, 5.41) is 12.2. The third-order valence-corrected chi connectivity index (χ3v) is 4.55. The number of ether oxygens (including phenoxy) is 1. The highest BCUT2D eigenvalue weighted by Gasteiger charge is 2.38. The summed E-state index contributed by atoms with van der Waals surface area (Å²) in [4.78, 5) is 4.50. The van der Waals surface area contributed by atoms with E-state index in [9.17, 15) is 0 Å². The van der Waals surface area contributed by atoms with Crippen LogP contribution in [0.3, 0.4) is 0 Å². The molecular formula is C16H18N4O2. The molecule has 0 unspecified atom stereocenters. The van der Waals surface area contributed by atoms with Gasteiger partial charge in [0.2, 0.25) is 5.89 Å². The van der Waals surface area contributed by atoms with E-state index < -0.39 is 0 Å². The van der Waals surface area contributed by atoms with Crippen molar-refractivity contribution in [1.29, 1.82) is 0 Å². The van der Waals surface area contributed by atoms with Crippen LogP contribution < -0.4 is 0 Å². The molecule has 0 saturated heterocycles. The average Bonchev–Trinajstić information content (AvgIpc) is 3.11. The van der Waals surface area contributed by atoms with Gasteiger partial charge >= 0.3 is 0 Å². The Morgan fingerprint density at radius 1 is 1.36 bits per heavy atom. The molecule has 1 aromatic carbocycles. The lowest BCUT2D eigenvalue weighted by Crippen LogP contribution is -2.41. The molecule has 1 saturated carbocycles. The quantitative estimate of drug-likeness (QED) is 0.783. The second-order valence-corrected chi connectivity index (χ2v) is 5.99. The van der Waals surface area contributed by atoms with E-state index in [4.69, 9.17) is 9.26 Å². The monoisotopic (exact) mass is 298 g/mol. The molecule has 2 aromatic heterocycles. The van der Waals surface area contributed by atoms with E-state index in [-0.39, 0.29) is 5.60 Å². The van der Waals surface area contributed by atoms with Gasteiger partial charge in [-0.15, -0.1) is 0 Å². The van der Waals surface area contributed by atoms with E-state index in [1.54, 1.807) is 7.11 Å². The van der Waals surface area contributed by atoms with Gasteiger partial charge in [-0.1, -0.05) is 17.3 Å². The van der Waals surface area contributed by atoms with Crippen LogP contribution in [0.4, 0.5) is 0 Å². The Kier molecular flexibility index (Phi) is 3.18. The normalized spacial score (nSPS) is 16.8. The molecule has 114 valence electrons. The predicted molar refractivity (Wildman–Crippen MR) is 80.5 cm³/mol. The molecule has 0 amide bonds. The lowest BCUT2D eigenvalue weighted by molar-refractivity contribution is -0.0751. The van der Waals surface area contributed by atoms with E-state index in [1.807, 2.05) is 12.3 Å². The van der Waals surface area contributed by atoms with Crippen LogP contribution in [0, 0.1) is 0 Å². The molecule has 0 spiro atoms. The maximum atomic E-state index is 5.61. The highest BCUT2D eigenvalue weighted by atomic mass is 16.5. The molecule has 0 radical (unpaired) electrons. The van der Waals surface area contributed by atoms with Crippen molar-refractivity contribution in [2.75, 3.05) is 7.11 Å². The summed E-state index contributed by atoms with van der Waals surface area (Å²) in [6.45, 7) is 0. The topological polar surface area (TPSA) is 76.8 Å². The number of fused-ring (bicyclic) bond motifs is 1. The highest BCUT2D eigenvalue weighted by molar-refractivity contribution is 5.78. The van der Waals surface area contributed by atoms with Gasteiger partial charge in [0.05, 0.1) is 23.7 Å². The van der Waals surface area contributed by atoms with Crippen molar-refractivity contribution in [2.24, 2.45) is 0 Å². The lowest BCUT2D eigenvalue weighted by atomic mass is 9.77. The van der Waals surface area contributed by atoms with E-state index in [2.05, 4.69) is 32.5 Å². The van der Waals surface area contributed by atoms with Crippen LogP contribution in [-0.4, -0.2) is 33.0 Å². The largest absolute Gasteiger partial charge is 0.378 e. The molecular weight excluding hydrogens is 280 g/mol. The van der Waals surface area contributed by atoms with Crippen LogP contribution in [0.2, 0.25) is 0 Å². The smallest absolute Gasteiger partial charge is 0.229 e. The minimum atomic E-state index is -0.0847. The summed E-state index contributed by atoms with van der Waals surface area (Å²) in [6, 6.07) is 6.18. The maximum absolute atomic E-state index is 5.61. The molecule has 3 aromatic rings. The van der Waals surface area contributed by atoms with Gasteiger partial charge in [0, 0.05) is 18.9 Å². The fourth-order valence-electron chi connectivity index (χ4n) is 3.01. The number of H-pyrrole nitrogens is 1. The zero-order valence-corrected chi connectivity index (χ0v) is 12.5. The molecule has 1 fully saturated rings. The number of benzene rings is 1. The SMILES string of the molecule is COC1(Cc2nc(Cc3ccc4cn[nH]c4c3)no2)CCC1.